The molecule has 1 saturated heterocycles. The first-order chi connectivity index (χ1) is 14.8. The number of carbonyl (C=O) groups is 2. The summed E-state index contributed by atoms with van der Waals surface area (Å²) in [4.78, 5) is 40.5. The number of piperazine rings is 1. The third-order valence-electron chi connectivity index (χ3n) is 6.19. The van der Waals surface area contributed by atoms with Gasteiger partial charge in [-0.2, -0.15) is 5.10 Å². The maximum atomic E-state index is 14.5. The molecule has 0 saturated carbocycles. The number of aromatic amines is 1. The van der Waals surface area contributed by atoms with Crippen molar-refractivity contribution in [3.05, 3.63) is 62.3 Å². The van der Waals surface area contributed by atoms with Crippen LogP contribution in [0.4, 0.5) is 4.39 Å². The molecule has 0 radical (unpaired) electrons. The molecular weight excluding hydrogens is 399 g/mol. The molecule has 8 heteroatoms. The van der Waals surface area contributed by atoms with Crippen LogP contribution in [0.2, 0.25) is 0 Å². The second-order valence-electron chi connectivity index (χ2n) is 8.02. The summed E-state index contributed by atoms with van der Waals surface area (Å²) in [5.74, 6) is -1.21. The summed E-state index contributed by atoms with van der Waals surface area (Å²) in [5, 5.41) is 6.56. The van der Waals surface area contributed by atoms with Crippen LogP contribution in [0.15, 0.2) is 23.0 Å². The average Bonchev–Trinajstić information content (AvgIpc) is 2.76. The van der Waals surface area contributed by atoms with Crippen molar-refractivity contribution in [2.75, 3.05) is 19.6 Å². The molecule has 1 aliphatic rings. The molecule has 3 rings (SSSR count). The molecule has 1 fully saturated rings. The van der Waals surface area contributed by atoms with E-state index >= 15 is 0 Å². The molecule has 1 aliphatic heterocycles. The van der Waals surface area contributed by atoms with E-state index in [-0.39, 0.29) is 29.6 Å². The number of aromatic nitrogens is 2. The Morgan fingerprint density at radius 3 is 2.52 bits per heavy atom. The highest BCUT2D eigenvalue weighted by Gasteiger charge is 2.31. The van der Waals surface area contributed by atoms with E-state index in [2.05, 4.69) is 10.2 Å². The first-order valence-corrected chi connectivity index (χ1v) is 10.7. The van der Waals surface area contributed by atoms with Crippen molar-refractivity contribution in [3.8, 4) is 0 Å². The minimum atomic E-state index is -0.619. The van der Waals surface area contributed by atoms with Crippen molar-refractivity contribution < 1.29 is 14.0 Å². The zero-order valence-corrected chi connectivity index (χ0v) is 18.5. The maximum absolute atomic E-state index is 14.5. The normalized spacial score (nSPS) is 14.5. The predicted molar refractivity (Wildman–Crippen MR) is 116 cm³/mol. The lowest BCUT2D eigenvalue weighted by atomic mass is 10.0. The quantitative estimate of drug-likeness (QED) is 0.766. The molecule has 31 heavy (non-hydrogen) atoms. The molecule has 0 bridgehead atoms. The van der Waals surface area contributed by atoms with Gasteiger partial charge in [0.05, 0.1) is 11.3 Å². The van der Waals surface area contributed by atoms with Gasteiger partial charge in [0, 0.05) is 31.1 Å². The van der Waals surface area contributed by atoms with E-state index in [1.54, 1.807) is 13.0 Å². The number of carbonyl (C=O) groups excluding carboxylic acids is 2. The lowest BCUT2D eigenvalue weighted by Gasteiger charge is -2.38. The fourth-order valence-electron chi connectivity index (χ4n) is 4.03. The van der Waals surface area contributed by atoms with Gasteiger partial charge in [0.15, 0.2) is 0 Å². The van der Waals surface area contributed by atoms with Gasteiger partial charge in [-0.05, 0) is 49.9 Å². The highest BCUT2D eigenvalue weighted by atomic mass is 19.1. The predicted octanol–water partition coefficient (Wildman–Crippen LogP) is 2.59. The largest absolute Gasteiger partial charge is 0.336 e. The van der Waals surface area contributed by atoms with Crippen LogP contribution in [0.1, 0.15) is 59.4 Å². The Morgan fingerprint density at radius 2 is 1.87 bits per heavy atom. The van der Waals surface area contributed by atoms with Gasteiger partial charge in [0.25, 0.3) is 11.5 Å². The molecule has 0 spiro atoms. The van der Waals surface area contributed by atoms with Gasteiger partial charge in [-0.3, -0.25) is 14.4 Å². The third kappa shape index (κ3) is 4.68. The Morgan fingerprint density at radius 1 is 1.16 bits per heavy atom. The van der Waals surface area contributed by atoms with Gasteiger partial charge >= 0.3 is 0 Å². The number of rotatable bonds is 6. The van der Waals surface area contributed by atoms with Crippen molar-refractivity contribution in [1.82, 2.24) is 20.0 Å². The van der Waals surface area contributed by atoms with Crippen molar-refractivity contribution in [2.45, 2.75) is 53.0 Å². The summed E-state index contributed by atoms with van der Waals surface area (Å²) in [5.41, 5.74) is 2.42. The first kappa shape index (κ1) is 22.7. The molecule has 2 amide bonds. The Kier molecular flexibility index (Phi) is 6.87. The van der Waals surface area contributed by atoms with E-state index in [1.165, 1.54) is 17.0 Å². The van der Waals surface area contributed by atoms with Gasteiger partial charge in [0.1, 0.15) is 12.4 Å². The molecule has 1 aromatic heterocycles. The summed E-state index contributed by atoms with van der Waals surface area (Å²) in [6.07, 6.45) is 2.08. The van der Waals surface area contributed by atoms with Crippen molar-refractivity contribution >= 4 is 11.8 Å². The van der Waals surface area contributed by atoms with E-state index in [9.17, 15) is 18.8 Å². The topological polar surface area (TPSA) is 86.4 Å². The number of hydrogen-bond donors (Lipinski definition) is 1. The molecule has 7 nitrogen and oxygen atoms in total. The second kappa shape index (κ2) is 9.41. The average molecular weight is 429 g/mol. The summed E-state index contributed by atoms with van der Waals surface area (Å²) < 4.78 is 14.5. The van der Waals surface area contributed by atoms with Crippen molar-refractivity contribution in [2.24, 2.45) is 0 Å². The van der Waals surface area contributed by atoms with Crippen LogP contribution in [-0.2, 0) is 11.2 Å². The Labute approximate surface area is 181 Å². The monoisotopic (exact) mass is 428 g/mol. The Hall–Kier alpha value is -3.03. The van der Waals surface area contributed by atoms with Gasteiger partial charge in [-0.25, -0.2) is 9.49 Å². The molecule has 1 aromatic carbocycles. The van der Waals surface area contributed by atoms with E-state index in [0.717, 1.165) is 18.4 Å². The van der Waals surface area contributed by atoms with E-state index in [4.69, 9.17) is 0 Å². The van der Waals surface area contributed by atoms with Crippen LogP contribution < -0.4 is 5.56 Å². The van der Waals surface area contributed by atoms with Crippen molar-refractivity contribution in [3.63, 3.8) is 0 Å². The first-order valence-electron chi connectivity index (χ1n) is 10.7. The SMILES string of the molecule is CCC(CC)N1CCN(C(=O)c2cc(Cc3n[nH]c(=O)c(C)c3C)ccc2F)CC1=O. The Balaban J connectivity index is 1.79. The second-order valence-corrected chi connectivity index (χ2v) is 8.02. The van der Waals surface area contributed by atoms with Crippen LogP contribution in [0.3, 0.4) is 0 Å². The lowest BCUT2D eigenvalue weighted by Crippen LogP contribution is -2.55. The van der Waals surface area contributed by atoms with Crippen LogP contribution in [0, 0.1) is 19.7 Å². The summed E-state index contributed by atoms with van der Waals surface area (Å²) in [6.45, 7) is 8.41. The minimum absolute atomic E-state index is 0.0429. The number of amides is 2. The minimum Gasteiger partial charge on any atom is -0.336 e. The summed E-state index contributed by atoms with van der Waals surface area (Å²) in [6, 6.07) is 4.54. The van der Waals surface area contributed by atoms with E-state index < -0.39 is 11.7 Å². The van der Waals surface area contributed by atoms with Gasteiger partial charge in [0.2, 0.25) is 5.91 Å². The number of nitrogens with zero attached hydrogens (tertiary/aromatic N) is 3. The molecule has 1 N–H and O–H groups in total. The molecular formula is C23H29FN4O3. The summed E-state index contributed by atoms with van der Waals surface area (Å²) >= 11 is 0. The molecule has 2 aromatic rings. The molecule has 0 atom stereocenters. The van der Waals surface area contributed by atoms with E-state index in [1.807, 2.05) is 25.7 Å². The Bertz CT molecular complexity index is 1050. The van der Waals surface area contributed by atoms with Crippen LogP contribution in [-0.4, -0.2) is 57.5 Å². The van der Waals surface area contributed by atoms with Gasteiger partial charge in [-0.15, -0.1) is 0 Å². The molecule has 0 aliphatic carbocycles. The van der Waals surface area contributed by atoms with E-state index in [0.29, 0.717) is 36.3 Å². The molecule has 2 heterocycles. The standard InChI is InChI=1S/C23H29FN4O3/c1-5-17(6-2)28-10-9-27(13-21(28)29)23(31)18-11-16(7-8-19(18)24)12-20-14(3)15(4)22(30)26-25-20/h7-8,11,17H,5-6,9-10,12-13H2,1-4H3,(H,26,30). The number of H-pyrrole nitrogens is 1. The van der Waals surface area contributed by atoms with Crippen molar-refractivity contribution in [1.29, 1.82) is 0 Å². The highest BCUT2D eigenvalue weighted by Crippen LogP contribution is 2.20. The number of hydrogen-bond acceptors (Lipinski definition) is 4. The van der Waals surface area contributed by atoms with Crippen LogP contribution >= 0.6 is 0 Å². The smallest absolute Gasteiger partial charge is 0.267 e. The molecule has 166 valence electrons. The lowest BCUT2D eigenvalue weighted by molar-refractivity contribution is -0.137. The van der Waals surface area contributed by atoms with Gasteiger partial charge in [-0.1, -0.05) is 19.9 Å². The number of halogens is 1. The van der Waals surface area contributed by atoms with Crippen LogP contribution in [0.25, 0.3) is 0 Å². The number of benzene rings is 1. The zero-order chi connectivity index (χ0) is 22.7. The molecule has 0 unspecified atom stereocenters. The van der Waals surface area contributed by atoms with Crippen LogP contribution in [0.5, 0.6) is 0 Å². The summed E-state index contributed by atoms with van der Waals surface area (Å²) in [7, 11) is 0. The number of nitrogens with one attached hydrogen (secondary N) is 1. The third-order valence-corrected chi connectivity index (χ3v) is 6.19. The zero-order valence-electron chi connectivity index (χ0n) is 18.5. The highest BCUT2D eigenvalue weighted by molar-refractivity contribution is 5.97. The van der Waals surface area contributed by atoms with Gasteiger partial charge < -0.3 is 9.80 Å². The fourth-order valence-corrected chi connectivity index (χ4v) is 4.03. The fraction of sp³-hybridized carbons (Fsp3) is 0.478. The maximum Gasteiger partial charge on any atom is 0.267 e.